The number of amides is 1. The van der Waals surface area contributed by atoms with Crippen molar-refractivity contribution < 1.29 is 29.0 Å². The fourth-order valence-corrected chi connectivity index (χ4v) is 3.89. The summed E-state index contributed by atoms with van der Waals surface area (Å²) < 4.78 is 10.4. The van der Waals surface area contributed by atoms with Gasteiger partial charge in [0.05, 0.1) is 24.3 Å². The molecule has 0 aliphatic heterocycles. The second kappa shape index (κ2) is 10.7. The van der Waals surface area contributed by atoms with Gasteiger partial charge in [-0.1, -0.05) is 42.5 Å². The maximum atomic E-state index is 12.7. The third kappa shape index (κ3) is 5.60. The molecule has 32 heavy (non-hydrogen) atoms. The summed E-state index contributed by atoms with van der Waals surface area (Å²) in [4.78, 5) is 38.2. The lowest BCUT2D eigenvalue weighted by atomic mass is 10.1. The Hall–Kier alpha value is -3.49. The number of benzene rings is 2. The van der Waals surface area contributed by atoms with Crippen molar-refractivity contribution in [3.05, 3.63) is 77.4 Å². The molecule has 0 aliphatic rings. The molecule has 0 radical (unpaired) electrons. The highest BCUT2D eigenvalue weighted by molar-refractivity contribution is 7.20. The molecule has 166 valence electrons. The third-order valence-electron chi connectivity index (χ3n) is 4.55. The molecule has 1 atom stereocenters. The van der Waals surface area contributed by atoms with E-state index in [0.29, 0.717) is 10.6 Å². The standard InChI is InChI=1S/C24H23NO6S/c1-3-30-24(29)19-13-20(17-7-5-4-6-8-17)32-22(19)25-21(27)15(2)31-23(28)18-11-9-16(14-26)10-12-18/h4-13,15,26H,3,14H2,1-2H3,(H,25,27). The molecule has 0 saturated heterocycles. The van der Waals surface area contributed by atoms with Gasteiger partial charge < -0.3 is 19.9 Å². The van der Waals surface area contributed by atoms with Crippen molar-refractivity contribution in [3.8, 4) is 10.4 Å². The fourth-order valence-electron chi connectivity index (χ4n) is 2.83. The Morgan fingerprint density at radius 3 is 2.34 bits per heavy atom. The molecule has 0 fully saturated rings. The average molecular weight is 454 g/mol. The van der Waals surface area contributed by atoms with Crippen LogP contribution in [-0.4, -0.2) is 35.7 Å². The zero-order chi connectivity index (χ0) is 23.1. The van der Waals surface area contributed by atoms with E-state index < -0.39 is 23.9 Å². The van der Waals surface area contributed by atoms with E-state index in [9.17, 15) is 14.4 Å². The van der Waals surface area contributed by atoms with Crippen molar-refractivity contribution in [2.24, 2.45) is 0 Å². The highest BCUT2D eigenvalue weighted by atomic mass is 32.1. The number of thiophene rings is 1. The predicted molar refractivity (Wildman–Crippen MR) is 122 cm³/mol. The van der Waals surface area contributed by atoms with Gasteiger partial charge in [0.2, 0.25) is 0 Å². The molecule has 1 unspecified atom stereocenters. The summed E-state index contributed by atoms with van der Waals surface area (Å²) in [5.41, 5.74) is 2.05. The van der Waals surface area contributed by atoms with Crippen molar-refractivity contribution in [1.29, 1.82) is 0 Å². The molecule has 8 heteroatoms. The van der Waals surface area contributed by atoms with Crippen molar-refractivity contribution in [2.75, 3.05) is 11.9 Å². The summed E-state index contributed by atoms with van der Waals surface area (Å²) in [7, 11) is 0. The van der Waals surface area contributed by atoms with E-state index in [4.69, 9.17) is 14.6 Å². The SMILES string of the molecule is CCOC(=O)c1cc(-c2ccccc2)sc1NC(=O)C(C)OC(=O)c1ccc(CO)cc1. The smallest absolute Gasteiger partial charge is 0.341 e. The highest BCUT2D eigenvalue weighted by Gasteiger charge is 2.24. The molecule has 1 aromatic heterocycles. The molecule has 0 aliphatic carbocycles. The van der Waals surface area contributed by atoms with Crippen LogP contribution in [0.25, 0.3) is 10.4 Å². The van der Waals surface area contributed by atoms with E-state index in [1.165, 1.54) is 30.4 Å². The van der Waals surface area contributed by atoms with Crippen LogP contribution in [0.5, 0.6) is 0 Å². The lowest BCUT2D eigenvalue weighted by molar-refractivity contribution is -0.123. The van der Waals surface area contributed by atoms with Gasteiger partial charge in [-0.25, -0.2) is 9.59 Å². The Balaban J connectivity index is 1.75. The number of hydrogen-bond donors (Lipinski definition) is 2. The molecule has 0 saturated carbocycles. The van der Waals surface area contributed by atoms with Crippen molar-refractivity contribution >= 4 is 34.2 Å². The summed E-state index contributed by atoms with van der Waals surface area (Å²) >= 11 is 1.23. The first-order valence-electron chi connectivity index (χ1n) is 10.0. The number of carbonyl (C=O) groups is 3. The molecule has 1 heterocycles. The molecule has 0 spiro atoms. The summed E-state index contributed by atoms with van der Waals surface area (Å²) in [5, 5.41) is 12.1. The van der Waals surface area contributed by atoms with E-state index in [0.717, 1.165) is 10.4 Å². The molecule has 0 bridgehead atoms. The Kier molecular flexibility index (Phi) is 7.75. The zero-order valence-electron chi connectivity index (χ0n) is 17.7. The van der Waals surface area contributed by atoms with Crippen LogP contribution >= 0.6 is 11.3 Å². The molecule has 3 aromatic rings. The van der Waals surface area contributed by atoms with E-state index >= 15 is 0 Å². The fraction of sp³-hybridized carbons (Fsp3) is 0.208. The Labute approximate surface area is 189 Å². The van der Waals surface area contributed by atoms with Gasteiger partial charge in [0.15, 0.2) is 6.10 Å². The van der Waals surface area contributed by atoms with Crippen LogP contribution in [0.4, 0.5) is 5.00 Å². The number of aliphatic hydroxyl groups excluding tert-OH is 1. The minimum Gasteiger partial charge on any atom is -0.462 e. The van der Waals surface area contributed by atoms with Crippen LogP contribution in [0.15, 0.2) is 60.7 Å². The van der Waals surface area contributed by atoms with Crippen molar-refractivity contribution in [3.63, 3.8) is 0 Å². The van der Waals surface area contributed by atoms with Gasteiger partial charge in [0, 0.05) is 4.88 Å². The summed E-state index contributed by atoms with van der Waals surface area (Å²) in [6.07, 6.45) is -1.10. The zero-order valence-corrected chi connectivity index (χ0v) is 18.5. The van der Waals surface area contributed by atoms with E-state index in [-0.39, 0.29) is 24.3 Å². The summed E-state index contributed by atoms with van der Waals surface area (Å²) in [6.45, 7) is 3.22. The first-order chi connectivity index (χ1) is 15.4. The van der Waals surface area contributed by atoms with Gasteiger partial charge >= 0.3 is 11.9 Å². The Morgan fingerprint density at radius 1 is 1.03 bits per heavy atom. The highest BCUT2D eigenvalue weighted by Crippen LogP contribution is 2.36. The number of anilines is 1. The lowest BCUT2D eigenvalue weighted by Gasteiger charge is -2.13. The number of nitrogens with one attached hydrogen (secondary N) is 1. The Morgan fingerprint density at radius 2 is 1.72 bits per heavy atom. The van der Waals surface area contributed by atoms with Crippen LogP contribution in [0, 0.1) is 0 Å². The van der Waals surface area contributed by atoms with Gasteiger partial charge in [-0.15, -0.1) is 11.3 Å². The number of hydrogen-bond acceptors (Lipinski definition) is 7. The molecular weight excluding hydrogens is 430 g/mol. The van der Waals surface area contributed by atoms with Gasteiger partial charge in [0.25, 0.3) is 5.91 Å². The minimum atomic E-state index is -1.10. The molecule has 1 amide bonds. The van der Waals surface area contributed by atoms with Crippen molar-refractivity contribution in [2.45, 2.75) is 26.6 Å². The molecule has 7 nitrogen and oxygen atoms in total. The number of ether oxygens (including phenoxy) is 2. The average Bonchev–Trinajstić information content (AvgIpc) is 3.23. The topological polar surface area (TPSA) is 102 Å². The molecule has 3 rings (SSSR count). The Bertz CT molecular complexity index is 1090. The predicted octanol–water partition coefficient (Wildman–Crippen LogP) is 4.27. The second-order valence-electron chi connectivity index (χ2n) is 6.83. The quantitative estimate of drug-likeness (QED) is 0.494. The first-order valence-corrected chi connectivity index (χ1v) is 10.8. The van der Waals surface area contributed by atoms with Crippen LogP contribution in [-0.2, 0) is 20.9 Å². The van der Waals surface area contributed by atoms with Crippen LogP contribution in [0.3, 0.4) is 0 Å². The third-order valence-corrected chi connectivity index (χ3v) is 5.65. The van der Waals surface area contributed by atoms with Gasteiger partial charge in [-0.2, -0.15) is 0 Å². The molecule has 2 N–H and O–H groups in total. The van der Waals surface area contributed by atoms with E-state index in [1.54, 1.807) is 25.1 Å². The maximum Gasteiger partial charge on any atom is 0.341 e. The minimum absolute atomic E-state index is 0.136. The van der Waals surface area contributed by atoms with Gasteiger partial charge in [-0.3, -0.25) is 4.79 Å². The molecular formula is C24H23NO6S. The molecule has 2 aromatic carbocycles. The first kappa shape index (κ1) is 23.2. The van der Waals surface area contributed by atoms with Gasteiger partial charge in [-0.05, 0) is 43.2 Å². The van der Waals surface area contributed by atoms with E-state index in [1.807, 2.05) is 30.3 Å². The van der Waals surface area contributed by atoms with Crippen LogP contribution in [0.2, 0.25) is 0 Å². The van der Waals surface area contributed by atoms with Crippen LogP contribution in [0.1, 0.15) is 40.1 Å². The number of aliphatic hydroxyl groups is 1. The summed E-state index contributed by atoms with van der Waals surface area (Å²) in [6, 6.07) is 17.4. The monoisotopic (exact) mass is 453 g/mol. The lowest BCUT2D eigenvalue weighted by Crippen LogP contribution is -2.30. The largest absolute Gasteiger partial charge is 0.462 e. The second-order valence-corrected chi connectivity index (χ2v) is 7.88. The number of carbonyl (C=O) groups excluding carboxylic acids is 3. The van der Waals surface area contributed by atoms with Crippen molar-refractivity contribution in [1.82, 2.24) is 0 Å². The normalized spacial score (nSPS) is 11.5. The maximum absolute atomic E-state index is 12.7. The summed E-state index contributed by atoms with van der Waals surface area (Å²) in [5.74, 6) is -1.79. The van der Waals surface area contributed by atoms with E-state index in [2.05, 4.69) is 5.32 Å². The van der Waals surface area contributed by atoms with Gasteiger partial charge in [0.1, 0.15) is 5.00 Å². The van der Waals surface area contributed by atoms with Crippen LogP contribution < -0.4 is 5.32 Å². The number of rotatable bonds is 8. The number of esters is 2.